The predicted octanol–water partition coefficient (Wildman–Crippen LogP) is 3.61. The number of halogens is 1. The smallest absolute Gasteiger partial charge is 0.193 e. The van der Waals surface area contributed by atoms with Gasteiger partial charge in [0.05, 0.1) is 26.4 Å². The first-order valence-electron chi connectivity index (χ1n) is 11.7. The summed E-state index contributed by atoms with van der Waals surface area (Å²) in [4.78, 5) is 10.1. The van der Waals surface area contributed by atoms with E-state index in [1.165, 1.54) is 37.8 Å². The molecule has 31 heavy (non-hydrogen) atoms. The van der Waals surface area contributed by atoms with Crippen molar-refractivity contribution in [2.24, 2.45) is 10.9 Å². The number of aliphatic imine (C=N–C) groups is 1. The summed E-state index contributed by atoms with van der Waals surface area (Å²) in [6.45, 7) is 10.4. The van der Waals surface area contributed by atoms with Crippen LogP contribution in [0.15, 0.2) is 35.3 Å². The van der Waals surface area contributed by atoms with Crippen molar-refractivity contribution in [3.05, 3.63) is 35.9 Å². The van der Waals surface area contributed by atoms with Crippen LogP contribution in [0.2, 0.25) is 0 Å². The lowest BCUT2D eigenvalue weighted by Gasteiger charge is -2.35. The number of hydrogen-bond acceptors (Lipinski definition) is 4. The summed E-state index contributed by atoms with van der Waals surface area (Å²) in [5.74, 6) is 1.65. The Kier molecular flexibility index (Phi) is 12.8. The Hall–Kier alpha value is -0.900. The molecule has 0 aliphatic carbocycles. The summed E-state index contributed by atoms with van der Waals surface area (Å²) in [5.41, 5.74) is 1.40. The standard InChI is InChI=1S/C24H40N4O2.HI/c1-3-25-24(28-14-12-22(19-28)20-30-16-15-29-2)26-17-23-11-7-8-13-27(23)18-21-9-5-4-6-10-21;/h4-6,9-10,22-23H,3,7-8,11-20H2,1-2H3,(H,25,26);1H. The highest BCUT2D eigenvalue weighted by Crippen LogP contribution is 2.21. The molecule has 0 saturated carbocycles. The minimum Gasteiger partial charge on any atom is -0.382 e. The normalized spacial score (nSPS) is 22.4. The fraction of sp³-hybridized carbons (Fsp3) is 0.708. The highest BCUT2D eigenvalue weighted by atomic mass is 127. The van der Waals surface area contributed by atoms with Gasteiger partial charge in [0.15, 0.2) is 5.96 Å². The summed E-state index contributed by atoms with van der Waals surface area (Å²) in [5, 5.41) is 3.52. The van der Waals surface area contributed by atoms with Crippen LogP contribution < -0.4 is 5.32 Å². The molecular weight excluding hydrogens is 503 g/mol. The maximum atomic E-state index is 5.75. The van der Waals surface area contributed by atoms with Crippen LogP contribution in [0.5, 0.6) is 0 Å². The molecule has 2 aliphatic heterocycles. The Balaban J connectivity index is 0.00000341. The first-order valence-corrected chi connectivity index (χ1v) is 11.7. The van der Waals surface area contributed by atoms with Crippen LogP contribution in [0, 0.1) is 5.92 Å². The van der Waals surface area contributed by atoms with Gasteiger partial charge in [0.1, 0.15) is 0 Å². The van der Waals surface area contributed by atoms with Crippen LogP contribution in [0.25, 0.3) is 0 Å². The van der Waals surface area contributed by atoms with Crippen molar-refractivity contribution in [2.45, 2.75) is 45.2 Å². The molecule has 1 aromatic rings. The highest BCUT2D eigenvalue weighted by Gasteiger charge is 2.26. The Labute approximate surface area is 205 Å². The Morgan fingerprint density at radius 1 is 1.13 bits per heavy atom. The van der Waals surface area contributed by atoms with Crippen molar-refractivity contribution < 1.29 is 9.47 Å². The lowest BCUT2D eigenvalue weighted by molar-refractivity contribution is 0.0536. The molecule has 7 heteroatoms. The molecule has 0 bridgehead atoms. The molecule has 6 nitrogen and oxygen atoms in total. The topological polar surface area (TPSA) is 49.3 Å². The molecule has 3 rings (SSSR count). The summed E-state index contributed by atoms with van der Waals surface area (Å²) in [7, 11) is 1.72. The van der Waals surface area contributed by atoms with E-state index in [1.807, 2.05) is 0 Å². The average molecular weight is 545 g/mol. The fourth-order valence-electron chi connectivity index (χ4n) is 4.46. The van der Waals surface area contributed by atoms with E-state index in [-0.39, 0.29) is 24.0 Å². The van der Waals surface area contributed by atoms with Gasteiger partial charge in [-0.05, 0) is 38.3 Å². The quantitative estimate of drug-likeness (QED) is 0.211. The van der Waals surface area contributed by atoms with E-state index in [2.05, 4.69) is 52.4 Å². The molecule has 0 aromatic heterocycles. The molecule has 1 aromatic carbocycles. The van der Waals surface area contributed by atoms with Crippen LogP contribution in [-0.4, -0.2) is 81.5 Å². The first kappa shape index (κ1) is 26.4. The lowest BCUT2D eigenvalue weighted by Crippen LogP contribution is -2.44. The molecule has 1 N–H and O–H groups in total. The van der Waals surface area contributed by atoms with Gasteiger partial charge in [-0.25, -0.2) is 0 Å². The summed E-state index contributed by atoms with van der Waals surface area (Å²) >= 11 is 0. The third-order valence-electron chi connectivity index (χ3n) is 6.13. The van der Waals surface area contributed by atoms with E-state index < -0.39 is 0 Å². The second-order valence-corrected chi connectivity index (χ2v) is 8.47. The molecule has 2 aliphatic rings. The Morgan fingerprint density at radius 3 is 2.74 bits per heavy atom. The van der Waals surface area contributed by atoms with E-state index in [9.17, 15) is 0 Å². The molecule has 2 fully saturated rings. The third-order valence-corrected chi connectivity index (χ3v) is 6.13. The Bertz CT molecular complexity index is 631. The maximum Gasteiger partial charge on any atom is 0.193 e. The molecular formula is C24H41IN4O2. The average Bonchev–Trinajstić information content (AvgIpc) is 3.25. The van der Waals surface area contributed by atoms with Gasteiger partial charge >= 0.3 is 0 Å². The van der Waals surface area contributed by atoms with Gasteiger partial charge in [0, 0.05) is 45.2 Å². The van der Waals surface area contributed by atoms with Gasteiger partial charge in [0.25, 0.3) is 0 Å². The molecule has 2 unspecified atom stereocenters. The largest absolute Gasteiger partial charge is 0.382 e. The second-order valence-electron chi connectivity index (χ2n) is 8.47. The molecule has 176 valence electrons. The lowest BCUT2D eigenvalue weighted by atomic mass is 10.0. The number of benzene rings is 1. The monoisotopic (exact) mass is 544 g/mol. The SMILES string of the molecule is CCNC(=NCC1CCCCN1Cc1ccccc1)N1CCC(COCCOC)C1.I. The number of ether oxygens (including phenoxy) is 2. The van der Waals surface area contributed by atoms with Crippen LogP contribution in [0.4, 0.5) is 0 Å². The number of nitrogens with one attached hydrogen (secondary N) is 1. The first-order chi connectivity index (χ1) is 14.8. The minimum absolute atomic E-state index is 0. The second kappa shape index (κ2) is 15.0. The highest BCUT2D eigenvalue weighted by molar-refractivity contribution is 14.0. The van der Waals surface area contributed by atoms with E-state index >= 15 is 0 Å². The van der Waals surface area contributed by atoms with Crippen molar-refractivity contribution in [1.29, 1.82) is 0 Å². The predicted molar refractivity (Wildman–Crippen MR) is 138 cm³/mol. The minimum atomic E-state index is 0. The van der Waals surface area contributed by atoms with Crippen molar-refractivity contribution in [2.75, 3.05) is 59.7 Å². The number of hydrogen-bond donors (Lipinski definition) is 1. The summed E-state index contributed by atoms with van der Waals surface area (Å²) < 4.78 is 10.8. The number of rotatable bonds is 10. The Morgan fingerprint density at radius 2 is 1.97 bits per heavy atom. The van der Waals surface area contributed by atoms with E-state index in [0.29, 0.717) is 25.2 Å². The molecule has 0 spiro atoms. The van der Waals surface area contributed by atoms with Gasteiger partial charge in [-0.3, -0.25) is 9.89 Å². The summed E-state index contributed by atoms with van der Waals surface area (Å²) in [6, 6.07) is 11.4. The van der Waals surface area contributed by atoms with Crippen molar-refractivity contribution in [3.8, 4) is 0 Å². The zero-order chi connectivity index (χ0) is 21.0. The number of methoxy groups -OCH3 is 1. The molecule has 2 atom stereocenters. The molecule has 0 radical (unpaired) electrons. The van der Waals surface area contributed by atoms with Gasteiger partial charge in [-0.2, -0.15) is 0 Å². The van der Waals surface area contributed by atoms with E-state index in [1.54, 1.807) is 7.11 Å². The molecule has 0 amide bonds. The van der Waals surface area contributed by atoms with Crippen molar-refractivity contribution in [3.63, 3.8) is 0 Å². The van der Waals surface area contributed by atoms with Gasteiger partial charge in [-0.1, -0.05) is 36.8 Å². The van der Waals surface area contributed by atoms with Crippen LogP contribution in [0.3, 0.4) is 0 Å². The number of nitrogens with zero attached hydrogens (tertiary/aromatic N) is 3. The number of likely N-dealkylation sites (tertiary alicyclic amines) is 2. The maximum absolute atomic E-state index is 5.75. The van der Waals surface area contributed by atoms with Gasteiger partial charge < -0.3 is 19.7 Å². The van der Waals surface area contributed by atoms with Crippen LogP contribution in [0.1, 0.15) is 38.2 Å². The molecule has 2 saturated heterocycles. The summed E-state index contributed by atoms with van der Waals surface area (Å²) in [6.07, 6.45) is 5.02. The van der Waals surface area contributed by atoms with E-state index in [4.69, 9.17) is 14.5 Å². The van der Waals surface area contributed by atoms with Crippen LogP contribution >= 0.6 is 24.0 Å². The van der Waals surface area contributed by atoms with Gasteiger partial charge in [-0.15, -0.1) is 24.0 Å². The zero-order valence-corrected chi connectivity index (χ0v) is 21.6. The van der Waals surface area contributed by atoms with Crippen molar-refractivity contribution >= 4 is 29.9 Å². The number of guanidine groups is 1. The van der Waals surface area contributed by atoms with Gasteiger partial charge in [0.2, 0.25) is 0 Å². The third kappa shape index (κ3) is 8.86. The van der Waals surface area contributed by atoms with Crippen molar-refractivity contribution in [1.82, 2.24) is 15.1 Å². The zero-order valence-electron chi connectivity index (χ0n) is 19.3. The fourth-order valence-corrected chi connectivity index (χ4v) is 4.46. The van der Waals surface area contributed by atoms with Crippen LogP contribution in [-0.2, 0) is 16.0 Å². The van der Waals surface area contributed by atoms with E-state index in [0.717, 1.165) is 45.3 Å². The number of piperidine rings is 1. The molecule has 2 heterocycles.